The molecule has 0 radical (unpaired) electrons. The van der Waals surface area contributed by atoms with Crippen LogP contribution < -0.4 is 5.48 Å². The van der Waals surface area contributed by atoms with Gasteiger partial charge in [0, 0.05) is 29.8 Å². The number of rotatable bonds is 7. The topological polar surface area (TPSA) is 79.3 Å². The number of aryl methyl sites for hydroxylation is 1. The Morgan fingerprint density at radius 2 is 2.07 bits per heavy atom. The molecule has 0 bridgehead atoms. The van der Waals surface area contributed by atoms with Crippen LogP contribution in [0.15, 0.2) is 42.7 Å². The molecule has 5 heteroatoms. The standard InChI is InChI=1S/C22H26N2O3/c1-22(11-4-2-3-7-20(25)24-27)12-10-17-14-16(8-9-19(17)21(22)26)18-6-5-13-23-15-18/h5-6,8-9,13-15,27H,2-4,7,10-12H2,1H3,(H,24,25). The van der Waals surface area contributed by atoms with Crippen molar-refractivity contribution in [1.29, 1.82) is 0 Å². The third-order valence-corrected chi connectivity index (χ3v) is 5.60. The predicted molar refractivity (Wildman–Crippen MR) is 103 cm³/mol. The fourth-order valence-electron chi connectivity index (χ4n) is 3.86. The van der Waals surface area contributed by atoms with Crippen LogP contribution in [-0.2, 0) is 11.2 Å². The van der Waals surface area contributed by atoms with Crippen LogP contribution in [0.3, 0.4) is 0 Å². The van der Waals surface area contributed by atoms with Crippen LogP contribution in [0.25, 0.3) is 11.1 Å². The number of aromatic nitrogens is 1. The van der Waals surface area contributed by atoms with E-state index in [1.807, 2.05) is 30.5 Å². The van der Waals surface area contributed by atoms with E-state index in [1.165, 1.54) is 0 Å². The largest absolute Gasteiger partial charge is 0.294 e. The van der Waals surface area contributed by atoms with Crippen molar-refractivity contribution in [3.8, 4) is 11.1 Å². The van der Waals surface area contributed by atoms with E-state index < -0.39 is 0 Å². The Morgan fingerprint density at radius 1 is 1.22 bits per heavy atom. The average Bonchev–Trinajstić information content (AvgIpc) is 2.71. The maximum atomic E-state index is 13.1. The lowest BCUT2D eigenvalue weighted by Gasteiger charge is -2.33. The summed E-state index contributed by atoms with van der Waals surface area (Å²) in [4.78, 5) is 28.3. The Hall–Kier alpha value is -2.53. The summed E-state index contributed by atoms with van der Waals surface area (Å²) in [7, 11) is 0. The van der Waals surface area contributed by atoms with E-state index in [0.717, 1.165) is 60.8 Å². The van der Waals surface area contributed by atoms with Gasteiger partial charge in [0.1, 0.15) is 0 Å². The molecule has 1 amide bonds. The number of unbranched alkanes of at least 4 members (excludes halogenated alkanes) is 2. The first kappa shape index (κ1) is 19.2. The highest BCUT2D eigenvalue weighted by Gasteiger charge is 2.37. The van der Waals surface area contributed by atoms with Gasteiger partial charge in [-0.05, 0) is 48.4 Å². The molecule has 1 unspecified atom stereocenters. The molecule has 1 atom stereocenters. The fraction of sp³-hybridized carbons (Fsp3) is 0.409. The van der Waals surface area contributed by atoms with Crippen molar-refractivity contribution < 1.29 is 14.8 Å². The molecule has 2 aromatic rings. The Bertz CT molecular complexity index is 820. The Balaban J connectivity index is 1.64. The summed E-state index contributed by atoms with van der Waals surface area (Å²) in [6.45, 7) is 2.06. The molecule has 0 aliphatic heterocycles. The Labute approximate surface area is 159 Å². The zero-order chi connectivity index (χ0) is 19.3. The molecule has 2 N–H and O–H groups in total. The number of fused-ring (bicyclic) bond motifs is 1. The highest BCUT2D eigenvalue weighted by Crippen LogP contribution is 2.40. The van der Waals surface area contributed by atoms with Gasteiger partial charge in [-0.2, -0.15) is 0 Å². The van der Waals surface area contributed by atoms with Crippen LogP contribution >= 0.6 is 0 Å². The minimum atomic E-state index is -0.353. The molecule has 1 heterocycles. The van der Waals surface area contributed by atoms with Gasteiger partial charge in [0.15, 0.2) is 5.78 Å². The first-order valence-corrected chi connectivity index (χ1v) is 9.54. The van der Waals surface area contributed by atoms with Gasteiger partial charge >= 0.3 is 0 Å². The van der Waals surface area contributed by atoms with E-state index in [-0.39, 0.29) is 17.1 Å². The van der Waals surface area contributed by atoms with Crippen molar-refractivity contribution in [1.82, 2.24) is 10.5 Å². The van der Waals surface area contributed by atoms with Gasteiger partial charge in [-0.1, -0.05) is 44.0 Å². The van der Waals surface area contributed by atoms with Gasteiger partial charge in [-0.15, -0.1) is 0 Å². The Morgan fingerprint density at radius 3 is 2.81 bits per heavy atom. The summed E-state index contributed by atoms with van der Waals surface area (Å²) in [6.07, 6.45) is 9.01. The maximum absolute atomic E-state index is 13.1. The third kappa shape index (κ3) is 4.42. The van der Waals surface area contributed by atoms with E-state index in [2.05, 4.69) is 18.0 Å². The zero-order valence-corrected chi connectivity index (χ0v) is 15.7. The highest BCUT2D eigenvalue weighted by molar-refractivity contribution is 6.03. The number of amides is 1. The van der Waals surface area contributed by atoms with E-state index in [1.54, 1.807) is 11.7 Å². The van der Waals surface area contributed by atoms with E-state index in [4.69, 9.17) is 5.21 Å². The van der Waals surface area contributed by atoms with Gasteiger partial charge in [0.25, 0.3) is 0 Å². The lowest BCUT2D eigenvalue weighted by Crippen LogP contribution is -2.33. The van der Waals surface area contributed by atoms with Crippen LogP contribution in [0.4, 0.5) is 0 Å². The lowest BCUT2D eigenvalue weighted by atomic mass is 9.69. The summed E-state index contributed by atoms with van der Waals surface area (Å²) in [6, 6.07) is 10.0. The summed E-state index contributed by atoms with van der Waals surface area (Å²) in [5.74, 6) is -0.122. The second-order valence-corrected chi connectivity index (χ2v) is 7.60. The number of pyridine rings is 1. The summed E-state index contributed by atoms with van der Waals surface area (Å²) >= 11 is 0. The maximum Gasteiger partial charge on any atom is 0.243 e. The van der Waals surface area contributed by atoms with Gasteiger partial charge in [-0.25, -0.2) is 5.48 Å². The van der Waals surface area contributed by atoms with Gasteiger partial charge in [0.2, 0.25) is 5.91 Å². The first-order chi connectivity index (χ1) is 13.0. The van der Waals surface area contributed by atoms with Crippen molar-refractivity contribution in [2.45, 2.75) is 51.9 Å². The normalized spacial score (nSPS) is 18.8. The second kappa shape index (κ2) is 8.44. The zero-order valence-electron chi connectivity index (χ0n) is 15.7. The van der Waals surface area contributed by atoms with Crippen LogP contribution in [0.1, 0.15) is 61.4 Å². The fourth-order valence-corrected chi connectivity index (χ4v) is 3.86. The molecule has 1 aliphatic rings. The van der Waals surface area contributed by atoms with Crippen LogP contribution in [-0.4, -0.2) is 21.9 Å². The number of benzene rings is 1. The van der Waals surface area contributed by atoms with E-state index in [9.17, 15) is 9.59 Å². The monoisotopic (exact) mass is 366 g/mol. The van der Waals surface area contributed by atoms with Gasteiger partial charge < -0.3 is 0 Å². The minimum absolute atomic E-state index is 0.231. The molecule has 0 saturated carbocycles. The predicted octanol–water partition coefficient (Wildman–Crippen LogP) is 4.34. The van der Waals surface area contributed by atoms with Crippen molar-refractivity contribution in [2.24, 2.45) is 5.41 Å². The number of Topliss-reactive ketones (excluding diaryl/α,β-unsaturated/α-hetero) is 1. The SMILES string of the molecule is CC1(CCCCCC(=O)NO)CCc2cc(-c3cccnc3)ccc2C1=O. The minimum Gasteiger partial charge on any atom is -0.294 e. The average molecular weight is 366 g/mol. The van der Waals surface area contributed by atoms with Crippen molar-refractivity contribution in [2.75, 3.05) is 0 Å². The van der Waals surface area contributed by atoms with E-state index >= 15 is 0 Å². The third-order valence-electron chi connectivity index (χ3n) is 5.60. The number of carbonyl (C=O) groups is 2. The van der Waals surface area contributed by atoms with Crippen LogP contribution in [0.2, 0.25) is 0 Å². The summed E-state index contributed by atoms with van der Waals surface area (Å²) < 4.78 is 0. The molecule has 142 valence electrons. The molecular formula is C22H26N2O3. The highest BCUT2D eigenvalue weighted by atomic mass is 16.5. The molecule has 1 aromatic heterocycles. The molecule has 0 fully saturated rings. The number of nitrogens with one attached hydrogen (secondary N) is 1. The quantitative estimate of drug-likeness (QED) is 0.434. The summed E-state index contributed by atoms with van der Waals surface area (Å²) in [5.41, 5.74) is 5.45. The van der Waals surface area contributed by atoms with Crippen LogP contribution in [0.5, 0.6) is 0 Å². The van der Waals surface area contributed by atoms with Crippen molar-refractivity contribution in [3.63, 3.8) is 0 Å². The number of hydrogen-bond acceptors (Lipinski definition) is 4. The Kier molecular flexibility index (Phi) is 6.01. The van der Waals surface area contributed by atoms with E-state index in [0.29, 0.717) is 6.42 Å². The number of carbonyl (C=O) groups excluding carboxylic acids is 2. The first-order valence-electron chi connectivity index (χ1n) is 9.54. The number of nitrogens with zero attached hydrogens (tertiary/aromatic N) is 1. The van der Waals surface area contributed by atoms with Crippen molar-refractivity contribution >= 4 is 11.7 Å². The number of hydroxylamine groups is 1. The molecular weight excluding hydrogens is 340 g/mol. The van der Waals surface area contributed by atoms with Gasteiger partial charge in [0.05, 0.1) is 0 Å². The summed E-state index contributed by atoms with van der Waals surface area (Å²) in [5, 5.41) is 8.51. The molecule has 0 saturated heterocycles. The molecule has 1 aliphatic carbocycles. The number of ketones is 1. The smallest absolute Gasteiger partial charge is 0.243 e. The molecule has 5 nitrogen and oxygen atoms in total. The molecule has 27 heavy (non-hydrogen) atoms. The van der Waals surface area contributed by atoms with Crippen LogP contribution in [0, 0.1) is 5.41 Å². The second-order valence-electron chi connectivity index (χ2n) is 7.60. The molecule has 3 rings (SSSR count). The lowest BCUT2D eigenvalue weighted by molar-refractivity contribution is -0.129. The molecule has 0 spiro atoms. The number of hydrogen-bond donors (Lipinski definition) is 2. The van der Waals surface area contributed by atoms with Crippen molar-refractivity contribution in [3.05, 3.63) is 53.9 Å². The van der Waals surface area contributed by atoms with Gasteiger partial charge in [-0.3, -0.25) is 19.8 Å². The molecule has 1 aromatic carbocycles.